The van der Waals surface area contributed by atoms with Crippen molar-refractivity contribution in [1.29, 1.82) is 5.26 Å². The Morgan fingerprint density at radius 3 is 2.36 bits per heavy atom. The van der Waals surface area contributed by atoms with Crippen LogP contribution in [0.3, 0.4) is 0 Å². The molecule has 0 N–H and O–H groups in total. The quantitative estimate of drug-likeness (QED) is 0.711. The zero-order valence-corrected chi connectivity index (χ0v) is 16.1. The lowest BCUT2D eigenvalue weighted by molar-refractivity contribution is 0.00578. The summed E-state index contributed by atoms with van der Waals surface area (Å²) in [7, 11) is 1.19. The van der Waals surface area contributed by atoms with Crippen LogP contribution in [0.4, 0.5) is 0 Å². The summed E-state index contributed by atoms with van der Waals surface area (Å²) in [6.45, 7) is 10.7. The molecule has 6 heteroatoms. The molecule has 1 fully saturated rings. The summed E-state index contributed by atoms with van der Waals surface area (Å²) in [5.41, 5.74) is 0.496. The summed E-state index contributed by atoms with van der Waals surface area (Å²) in [4.78, 5) is 0. The second-order valence-corrected chi connectivity index (χ2v) is 7.39. The van der Waals surface area contributed by atoms with Crippen LogP contribution < -0.4 is 10.2 Å². The van der Waals surface area contributed by atoms with Gasteiger partial charge in [0.05, 0.1) is 16.8 Å². The molecular weight excluding hydrogens is 317 g/mol. The molecule has 1 aliphatic heterocycles. The Morgan fingerprint density at radius 2 is 1.84 bits per heavy atom. The lowest BCUT2D eigenvalue weighted by Gasteiger charge is -2.32. The van der Waals surface area contributed by atoms with E-state index in [9.17, 15) is 5.26 Å². The van der Waals surface area contributed by atoms with Gasteiger partial charge < -0.3 is 18.8 Å². The van der Waals surface area contributed by atoms with E-state index in [1.54, 1.807) is 13.2 Å². The van der Waals surface area contributed by atoms with Gasteiger partial charge in [0.2, 0.25) is 0 Å². The van der Waals surface area contributed by atoms with Gasteiger partial charge >= 0.3 is 7.12 Å². The minimum Gasteiger partial charge on any atom is -0.489 e. The Labute approximate surface area is 151 Å². The second kappa shape index (κ2) is 7.78. The Morgan fingerprint density at radius 1 is 1.20 bits per heavy atom. The number of rotatable bonds is 7. The summed E-state index contributed by atoms with van der Waals surface area (Å²) in [6, 6.07) is 7.74. The van der Waals surface area contributed by atoms with Crippen LogP contribution in [-0.2, 0) is 14.0 Å². The molecule has 0 aromatic heterocycles. The van der Waals surface area contributed by atoms with Gasteiger partial charge in [-0.2, -0.15) is 5.26 Å². The highest BCUT2D eigenvalue weighted by Gasteiger charge is 2.51. The van der Waals surface area contributed by atoms with Gasteiger partial charge in [0.1, 0.15) is 17.9 Å². The number of hydrogen-bond donors (Lipinski definition) is 0. The fourth-order valence-electron chi connectivity index (χ4n) is 2.64. The molecule has 0 aliphatic carbocycles. The van der Waals surface area contributed by atoms with E-state index in [2.05, 4.69) is 13.0 Å². The summed E-state index contributed by atoms with van der Waals surface area (Å²) in [5.74, 6) is 0.589. The highest BCUT2D eigenvalue weighted by atomic mass is 16.7. The molecule has 0 bridgehead atoms. The van der Waals surface area contributed by atoms with E-state index in [1.165, 1.54) is 0 Å². The molecule has 0 spiro atoms. The van der Waals surface area contributed by atoms with Gasteiger partial charge in [0.15, 0.2) is 0 Å². The average Bonchev–Trinajstić information content (AvgIpc) is 2.79. The van der Waals surface area contributed by atoms with Gasteiger partial charge in [0.25, 0.3) is 0 Å². The van der Waals surface area contributed by atoms with Crippen molar-refractivity contribution >= 4 is 12.6 Å². The monoisotopic (exact) mass is 345 g/mol. The third kappa shape index (κ3) is 4.35. The van der Waals surface area contributed by atoms with Crippen molar-refractivity contribution in [2.24, 2.45) is 0 Å². The van der Waals surface area contributed by atoms with Crippen LogP contribution in [0.5, 0.6) is 5.75 Å². The van der Waals surface area contributed by atoms with E-state index < -0.39 is 18.3 Å². The maximum atomic E-state index is 9.52. The van der Waals surface area contributed by atoms with E-state index in [0.29, 0.717) is 17.9 Å². The van der Waals surface area contributed by atoms with Gasteiger partial charge in [-0.05, 0) is 51.7 Å². The molecule has 2 rings (SSSR count). The van der Waals surface area contributed by atoms with Gasteiger partial charge in [-0.3, -0.25) is 0 Å². The molecule has 1 aliphatic rings. The van der Waals surface area contributed by atoms with Gasteiger partial charge in [-0.15, -0.1) is 0 Å². The van der Waals surface area contributed by atoms with Crippen molar-refractivity contribution in [3.63, 3.8) is 0 Å². The Bertz CT molecular complexity index is 623. The van der Waals surface area contributed by atoms with Crippen LogP contribution >= 0.6 is 0 Å². The first-order valence-corrected chi connectivity index (χ1v) is 8.79. The van der Waals surface area contributed by atoms with Crippen LogP contribution in [-0.4, -0.2) is 38.1 Å². The molecule has 1 heterocycles. The molecule has 0 radical (unpaired) electrons. The Kier molecular flexibility index (Phi) is 6.15. The van der Waals surface area contributed by atoms with Crippen molar-refractivity contribution in [3.8, 4) is 11.8 Å². The maximum Gasteiger partial charge on any atom is 0.494 e. The molecule has 136 valence electrons. The number of nitrogens with zero attached hydrogens (tertiary/aromatic N) is 1. The summed E-state index contributed by atoms with van der Waals surface area (Å²) in [5, 5.41) is 9.52. The fourth-order valence-corrected chi connectivity index (χ4v) is 2.64. The minimum atomic E-state index is -0.485. The second-order valence-electron chi connectivity index (χ2n) is 7.39. The van der Waals surface area contributed by atoms with Crippen LogP contribution in [0, 0.1) is 11.3 Å². The molecular formula is C19H28BNO4. The van der Waals surface area contributed by atoms with E-state index in [1.807, 2.05) is 39.8 Å². The standard InChI is InChI=1S/C19H28BNO4/c1-7-16(10-11-22-6)23-17-9-8-15(12-14(17)13-21)20-24-18(2,3)19(4,5)25-20/h8-9,12,16H,7,10-11H2,1-6H3. The lowest BCUT2D eigenvalue weighted by atomic mass is 9.78. The van der Waals surface area contributed by atoms with Crippen LogP contribution in [0.15, 0.2) is 18.2 Å². The average molecular weight is 345 g/mol. The summed E-state index contributed by atoms with van der Waals surface area (Å²) in [6.07, 6.45) is 1.67. The minimum absolute atomic E-state index is 0.0229. The molecule has 1 atom stereocenters. The molecule has 0 amide bonds. The maximum absolute atomic E-state index is 9.52. The third-order valence-corrected chi connectivity index (χ3v) is 5.04. The molecule has 5 nitrogen and oxygen atoms in total. The molecule has 1 saturated heterocycles. The molecule has 1 aromatic carbocycles. The highest BCUT2D eigenvalue weighted by Crippen LogP contribution is 2.36. The topological polar surface area (TPSA) is 60.7 Å². The van der Waals surface area contributed by atoms with Gasteiger partial charge in [-0.25, -0.2) is 0 Å². The SMILES string of the molecule is CCC(CCOC)Oc1ccc(B2OC(C)(C)C(C)(C)O2)cc1C#N. The van der Waals surface area contributed by atoms with Crippen molar-refractivity contribution in [3.05, 3.63) is 23.8 Å². The number of methoxy groups -OCH3 is 1. The van der Waals surface area contributed by atoms with E-state index in [4.69, 9.17) is 18.8 Å². The highest BCUT2D eigenvalue weighted by molar-refractivity contribution is 6.62. The van der Waals surface area contributed by atoms with Crippen molar-refractivity contribution in [1.82, 2.24) is 0 Å². The molecule has 1 unspecified atom stereocenters. The smallest absolute Gasteiger partial charge is 0.489 e. The number of ether oxygens (including phenoxy) is 2. The van der Waals surface area contributed by atoms with Crippen molar-refractivity contribution in [2.45, 2.75) is 64.8 Å². The van der Waals surface area contributed by atoms with Crippen molar-refractivity contribution < 1.29 is 18.8 Å². The third-order valence-electron chi connectivity index (χ3n) is 5.04. The van der Waals surface area contributed by atoms with Gasteiger partial charge in [-0.1, -0.05) is 13.0 Å². The lowest BCUT2D eigenvalue weighted by Crippen LogP contribution is -2.41. The number of hydrogen-bond acceptors (Lipinski definition) is 5. The Balaban J connectivity index is 2.19. The molecule has 0 saturated carbocycles. The van der Waals surface area contributed by atoms with E-state index in [0.717, 1.165) is 18.3 Å². The largest absolute Gasteiger partial charge is 0.494 e. The van der Waals surface area contributed by atoms with Crippen LogP contribution in [0.2, 0.25) is 0 Å². The van der Waals surface area contributed by atoms with E-state index >= 15 is 0 Å². The predicted octanol–water partition coefficient (Wildman–Crippen LogP) is 3.05. The predicted molar refractivity (Wildman–Crippen MR) is 98.1 cm³/mol. The van der Waals surface area contributed by atoms with Gasteiger partial charge in [0, 0.05) is 20.1 Å². The van der Waals surface area contributed by atoms with Crippen LogP contribution in [0.25, 0.3) is 0 Å². The van der Waals surface area contributed by atoms with Crippen LogP contribution in [0.1, 0.15) is 53.0 Å². The fraction of sp³-hybridized carbons (Fsp3) is 0.632. The first-order valence-electron chi connectivity index (χ1n) is 8.79. The zero-order valence-electron chi connectivity index (χ0n) is 16.1. The number of nitriles is 1. The summed E-state index contributed by atoms with van der Waals surface area (Å²) < 4.78 is 23.2. The van der Waals surface area contributed by atoms with E-state index in [-0.39, 0.29) is 6.10 Å². The zero-order chi connectivity index (χ0) is 18.7. The normalized spacial score (nSPS) is 19.5. The first kappa shape index (κ1) is 19.8. The molecule has 1 aromatic rings. The van der Waals surface area contributed by atoms with Crippen molar-refractivity contribution in [2.75, 3.05) is 13.7 Å². The summed E-state index contributed by atoms with van der Waals surface area (Å²) >= 11 is 0. The number of benzene rings is 1. The molecule has 25 heavy (non-hydrogen) atoms. The Hall–Kier alpha value is -1.55. The first-order chi connectivity index (χ1) is 11.7.